The normalized spacial score (nSPS) is 13.5. The number of benzene rings is 2. The number of carbonyl (C=O) groups is 4. The maximum atomic E-state index is 12.9. The van der Waals surface area contributed by atoms with Crippen molar-refractivity contribution < 1.29 is 33.4 Å². The van der Waals surface area contributed by atoms with E-state index in [0.29, 0.717) is 23.3 Å². The molecule has 2 amide bonds. The second-order valence-electron chi connectivity index (χ2n) is 9.59. The van der Waals surface area contributed by atoms with Crippen molar-refractivity contribution in [2.45, 2.75) is 38.3 Å². The third-order valence-electron chi connectivity index (χ3n) is 6.51. The minimum absolute atomic E-state index is 0.0122. The molecule has 0 radical (unpaired) electrons. The van der Waals surface area contributed by atoms with Gasteiger partial charge in [0.15, 0.2) is 0 Å². The van der Waals surface area contributed by atoms with Gasteiger partial charge in [0.05, 0.1) is 25.9 Å². The van der Waals surface area contributed by atoms with Crippen molar-refractivity contribution in [2.75, 3.05) is 37.5 Å². The number of methoxy groups -OCH3 is 1. The van der Waals surface area contributed by atoms with E-state index in [9.17, 15) is 19.2 Å². The zero-order valence-electron chi connectivity index (χ0n) is 24.3. The summed E-state index contributed by atoms with van der Waals surface area (Å²) in [5, 5.41) is 11.9. The molecule has 44 heavy (non-hydrogen) atoms. The van der Waals surface area contributed by atoms with Crippen molar-refractivity contribution in [3.8, 4) is 6.01 Å². The number of halogens is 1. The first kappa shape index (κ1) is 31.9. The molecule has 15 heteroatoms. The van der Waals surface area contributed by atoms with Crippen molar-refractivity contribution in [3.05, 3.63) is 64.7 Å². The maximum absolute atomic E-state index is 12.9. The molecule has 2 aromatic carbocycles. The fourth-order valence-electron chi connectivity index (χ4n) is 4.13. The molecule has 232 valence electrons. The molecular formula is C29H32ClN7O7. The van der Waals surface area contributed by atoms with Crippen molar-refractivity contribution in [3.63, 3.8) is 0 Å². The number of esters is 2. The summed E-state index contributed by atoms with van der Waals surface area (Å²) in [5.74, 6) is -3.02. The molecule has 1 aliphatic rings. The molecule has 0 saturated heterocycles. The number of nitrogens with one attached hydrogen (secondary N) is 4. The van der Waals surface area contributed by atoms with Crippen molar-refractivity contribution in [1.82, 2.24) is 25.6 Å². The second kappa shape index (κ2) is 14.5. The summed E-state index contributed by atoms with van der Waals surface area (Å²) in [5.41, 5.74) is 1.53. The van der Waals surface area contributed by atoms with Crippen LogP contribution in [0.1, 0.15) is 42.6 Å². The van der Waals surface area contributed by atoms with Crippen LogP contribution in [0.5, 0.6) is 6.01 Å². The Hall–Kier alpha value is -4.98. The molecule has 1 aromatic heterocycles. The number of carbonyl (C=O) groups excluding carboxylic acids is 4. The number of aromatic nitrogens is 3. The fraction of sp³-hybridized carbons (Fsp3) is 0.345. The Balaban J connectivity index is 1.43. The number of hydrogen-bond acceptors (Lipinski definition) is 12. The Morgan fingerprint density at radius 1 is 0.932 bits per heavy atom. The van der Waals surface area contributed by atoms with E-state index in [4.69, 9.17) is 21.1 Å². The molecule has 1 fully saturated rings. The number of amides is 2. The quantitative estimate of drug-likeness (QED) is 0.161. The lowest BCUT2D eigenvalue weighted by molar-refractivity contribution is -0.154. The van der Waals surface area contributed by atoms with Crippen LogP contribution in [0.25, 0.3) is 0 Å². The van der Waals surface area contributed by atoms with Crippen molar-refractivity contribution in [2.24, 2.45) is 0 Å². The molecule has 14 nitrogen and oxygen atoms in total. The van der Waals surface area contributed by atoms with E-state index in [1.165, 1.54) is 12.1 Å². The Morgan fingerprint density at radius 3 is 2.23 bits per heavy atom. The van der Waals surface area contributed by atoms with Crippen LogP contribution in [0.3, 0.4) is 0 Å². The predicted octanol–water partition coefficient (Wildman–Crippen LogP) is 2.72. The summed E-state index contributed by atoms with van der Waals surface area (Å²) >= 11 is 6.06. The number of nitrogens with zero attached hydrogens (tertiary/aromatic N) is 3. The third-order valence-corrected chi connectivity index (χ3v) is 6.76. The lowest BCUT2D eigenvalue weighted by Crippen LogP contribution is -2.50. The van der Waals surface area contributed by atoms with Gasteiger partial charge in [0, 0.05) is 22.8 Å². The van der Waals surface area contributed by atoms with E-state index in [1.54, 1.807) is 19.1 Å². The molecule has 3 aromatic rings. The summed E-state index contributed by atoms with van der Waals surface area (Å²) in [7, 11) is 1.14. The standard InChI is InChI=1S/C29H32ClN7O7/c1-4-43-25(41)23(39)31-16-21(24(40)42-3)33-22(38)17-6-12-20(13-7-17)32-26-34-27(36-28(35-26)44-5-2)37-29(14-15-29)18-8-10-19(30)11-9-18/h6-13,21H,4-5,14-16H2,1-3H3,(H,31,39)(H,33,38)(H2,32,34,35,36,37). The van der Waals surface area contributed by atoms with Crippen LogP contribution in [-0.2, 0) is 29.4 Å². The first-order valence-electron chi connectivity index (χ1n) is 13.8. The summed E-state index contributed by atoms with van der Waals surface area (Å²) in [6.07, 6.45) is 1.79. The zero-order chi connectivity index (χ0) is 31.7. The average molecular weight is 626 g/mol. The average Bonchev–Trinajstić information content (AvgIpc) is 3.79. The van der Waals surface area contributed by atoms with Gasteiger partial charge in [-0.05, 0) is 68.7 Å². The first-order chi connectivity index (χ1) is 21.2. The van der Waals surface area contributed by atoms with Crippen molar-refractivity contribution in [1.29, 1.82) is 0 Å². The van der Waals surface area contributed by atoms with Gasteiger partial charge in [-0.1, -0.05) is 23.7 Å². The van der Waals surface area contributed by atoms with Crippen LogP contribution in [0, 0.1) is 0 Å². The predicted molar refractivity (Wildman–Crippen MR) is 160 cm³/mol. The van der Waals surface area contributed by atoms with Crippen LogP contribution in [0.2, 0.25) is 5.02 Å². The van der Waals surface area contributed by atoms with Gasteiger partial charge < -0.3 is 35.5 Å². The van der Waals surface area contributed by atoms with Gasteiger partial charge >= 0.3 is 23.9 Å². The van der Waals surface area contributed by atoms with Gasteiger partial charge in [0.25, 0.3) is 5.91 Å². The van der Waals surface area contributed by atoms with Gasteiger partial charge in [0.1, 0.15) is 6.04 Å². The number of anilines is 3. The Bertz CT molecular complexity index is 1500. The topological polar surface area (TPSA) is 183 Å². The van der Waals surface area contributed by atoms with Crippen LogP contribution in [-0.4, -0.2) is 71.6 Å². The van der Waals surface area contributed by atoms with Crippen LogP contribution in [0.4, 0.5) is 17.6 Å². The summed E-state index contributed by atoms with van der Waals surface area (Å²) in [6.45, 7) is 3.36. The van der Waals surface area contributed by atoms with E-state index in [2.05, 4.69) is 41.0 Å². The Morgan fingerprint density at radius 2 is 1.61 bits per heavy atom. The van der Waals surface area contributed by atoms with Crippen LogP contribution in [0.15, 0.2) is 48.5 Å². The molecule has 1 atom stereocenters. The zero-order valence-corrected chi connectivity index (χ0v) is 25.1. The molecule has 1 aliphatic carbocycles. The van der Waals surface area contributed by atoms with Crippen LogP contribution >= 0.6 is 11.6 Å². The minimum atomic E-state index is -1.25. The smallest absolute Gasteiger partial charge is 0.396 e. The summed E-state index contributed by atoms with van der Waals surface area (Å²) < 4.78 is 14.9. The number of rotatable bonds is 13. The molecule has 1 saturated carbocycles. The SMILES string of the molecule is CCOC(=O)C(=O)NCC(NC(=O)c1ccc(Nc2nc(NC3(c4ccc(Cl)cc4)CC3)nc(OCC)n2)cc1)C(=O)OC. The van der Waals surface area contributed by atoms with Crippen molar-refractivity contribution >= 4 is 52.9 Å². The second-order valence-corrected chi connectivity index (χ2v) is 10.0. The molecule has 1 unspecified atom stereocenters. The first-order valence-corrected chi connectivity index (χ1v) is 14.2. The molecule has 1 heterocycles. The number of hydrogen-bond donors (Lipinski definition) is 4. The highest BCUT2D eigenvalue weighted by Crippen LogP contribution is 2.48. The summed E-state index contributed by atoms with van der Waals surface area (Å²) in [6, 6.07) is 12.8. The highest BCUT2D eigenvalue weighted by Gasteiger charge is 2.45. The van der Waals surface area contributed by atoms with E-state index < -0.39 is 29.8 Å². The Labute approximate surface area is 258 Å². The van der Waals surface area contributed by atoms with E-state index >= 15 is 0 Å². The third kappa shape index (κ3) is 8.31. The lowest BCUT2D eigenvalue weighted by atomic mass is 10.1. The van der Waals surface area contributed by atoms with Gasteiger partial charge in [0.2, 0.25) is 11.9 Å². The lowest BCUT2D eigenvalue weighted by Gasteiger charge is -2.19. The summed E-state index contributed by atoms with van der Waals surface area (Å²) in [4.78, 5) is 61.6. The van der Waals surface area contributed by atoms with Gasteiger partial charge in [-0.3, -0.25) is 9.59 Å². The molecule has 0 spiro atoms. The maximum Gasteiger partial charge on any atom is 0.396 e. The monoisotopic (exact) mass is 625 g/mol. The van der Waals surface area contributed by atoms with E-state index in [-0.39, 0.29) is 36.2 Å². The fourth-order valence-corrected chi connectivity index (χ4v) is 4.26. The highest BCUT2D eigenvalue weighted by atomic mass is 35.5. The molecule has 4 N–H and O–H groups in total. The molecular weight excluding hydrogens is 594 g/mol. The van der Waals surface area contributed by atoms with Gasteiger partial charge in [-0.2, -0.15) is 15.0 Å². The molecule has 0 bridgehead atoms. The van der Waals surface area contributed by atoms with Gasteiger partial charge in [-0.15, -0.1) is 0 Å². The van der Waals surface area contributed by atoms with Gasteiger partial charge in [-0.25, -0.2) is 9.59 Å². The number of ether oxygens (including phenoxy) is 3. The molecule has 4 rings (SSSR count). The molecule has 0 aliphatic heterocycles. The highest BCUT2D eigenvalue weighted by molar-refractivity contribution is 6.32. The Kier molecular flexibility index (Phi) is 10.5. The minimum Gasteiger partial charge on any atom is -0.467 e. The largest absolute Gasteiger partial charge is 0.467 e. The van der Waals surface area contributed by atoms with E-state index in [0.717, 1.165) is 25.5 Å². The van der Waals surface area contributed by atoms with E-state index in [1.807, 2.05) is 31.2 Å². The van der Waals surface area contributed by atoms with Crippen LogP contribution < -0.4 is 26.0 Å².